The molecule has 5 heteroatoms. The van der Waals surface area contributed by atoms with Gasteiger partial charge in [0.2, 0.25) is 5.91 Å². The summed E-state index contributed by atoms with van der Waals surface area (Å²) in [5.74, 6) is 0.496. The molecule has 0 aliphatic heterocycles. The maximum absolute atomic E-state index is 12.0. The van der Waals surface area contributed by atoms with E-state index in [1.54, 1.807) is 0 Å². The molecule has 4 nitrogen and oxygen atoms in total. The van der Waals surface area contributed by atoms with Crippen LogP contribution >= 0.6 is 11.8 Å². The molecule has 0 aliphatic carbocycles. The molecule has 0 radical (unpaired) electrons. The normalized spacial score (nSPS) is 12.5. The lowest BCUT2D eigenvalue weighted by Crippen LogP contribution is -2.33. The molecule has 0 aliphatic rings. The highest BCUT2D eigenvalue weighted by Gasteiger charge is 2.11. The highest BCUT2D eigenvalue weighted by atomic mass is 32.2. The van der Waals surface area contributed by atoms with Gasteiger partial charge in [0.25, 0.3) is 0 Å². The molecule has 0 saturated carbocycles. The molecular weight excluding hydrogens is 294 g/mol. The average molecular weight is 319 g/mol. The fraction of sp³-hybridized carbons (Fsp3) is 0.529. The molecule has 1 heterocycles. The predicted molar refractivity (Wildman–Crippen MR) is 93.2 cm³/mol. The van der Waals surface area contributed by atoms with Crippen molar-refractivity contribution in [1.82, 2.24) is 14.9 Å². The van der Waals surface area contributed by atoms with Gasteiger partial charge in [-0.25, -0.2) is 4.98 Å². The van der Waals surface area contributed by atoms with Crippen LogP contribution in [0.2, 0.25) is 0 Å². The monoisotopic (exact) mass is 319 g/mol. The van der Waals surface area contributed by atoms with Crippen LogP contribution in [0.15, 0.2) is 29.4 Å². The van der Waals surface area contributed by atoms with Gasteiger partial charge in [-0.2, -0.15) is 0 Å². The first-order chi connectivity index (χ1) is 10.6. The third-order valence-corrected chi connectivity index (χ3v) is 4.76. The Morgan fingerprint density at radius 3 is 2.86 bits per heavy atom. The smallest absolute Gasteiger partial charge is 0.230 e. The first-order valence-corrected chi connectivity index (χ1v) is 8.94. The van der Waals surface area contributed by atoms with Gasteiger partial charge < -0.3 is 9.88 Å². The van der Waals surface area contributed by atoms with E-state index in [2.05, 4.69) is 24.1 Å². The minimum atomic E-state index is 0.0843. The minimum absolute atomic E-state index is 0.0843. The molecule has 0 fully saturated rings. The summed E-state index contributed by atoms with van der Waals surface area (Å²) in [6.07, 6.45) is 4.67. The van der Waals surface area contributed by atoms with Gasteiger partial charge >= 0.3 is 0 Å². The number of hydrogen-bond donors (Lipinski definition) is 1. The summed E-state index contributed by atoms with van der Waals surface area (Å²) in [7, 11) is 1.99. The summed E-state index contributed by atoms with van der Waals surface area (Å²) in [6.45, 7) is 4.27. The van der Waals surface area contributed by atoms with Crippen LogP contribution in [-0.4, -0.2) is 27.3 Å². The van der Waals surface area contributed by atoms with Gasteiger partial charge in [0.05, 0.1) is 16.8 Å². The van der Waals surface area contributed by atoms with Crippen molar-refractivity contribution in [2.75, 3.05) is 5.75 Å². The van der Waals surface area contributed by atoms with E-state index in [4.69, 9.17) is 0 Å². The van der Waals surface area contributed by atoms with Crippen molar-refractivity contribution >= 4 is 28.7 Å². The molecule has 0 saturated heterocycles. The molecule has 1 N–H and O–H groups in total. The Hall–Kier alpha value is -1.49. The SMILES string of the molecule is CCCCCC(C)NC(=O)CSc1nc2ccccc2n1C. The van der Waals surface area contributed by atoms with Crippen molar-refractivity contribution < 1.29 is 4.79 Å². The number of aryl methyl sites for hydroxylation is 1. The predicted octanol–water partition coefficient (Wildman–Crippen LogP) is 3.75. The van der Waals surface area contributed by atoms with Crippen LogP contribution in [0.3, 0.4) is 0 Å². The highest BCUT2D eigenvalue weighted by molar-refractivity contribution is 7.99. The largest absolute Gasteiger partial charge is 0.353 e. The minimum Gasteiger partial charge on any atom is -0.353 e. The highest BCUT2D eigenvalue weighted by Crippen LogP contribution is 2.22. The number of nitrogens with zero attached hydrogens (tertiary/aromatic N) is 2. The molecule has 22 heavy (non-hydrogen) atoms. The Balaban J connectivity index is 1.83. The number of nitrogens with one attached hydrogen (secondary N) is 1. The Bertz CT molecular complexity index is 623. The van der Waals surface area contributed by atoms with E-state index in [1.807, 2.05) is 35.9 Å². The van der Waals surface area contributed by atoms with Gasteiger partial charge in [-0.3, -0.25) is 4.79 Å². The van der Waals surface area contributed by atoms with Crippen molar-refractivity contribution in [3.05, 3.63) is 24.3 Å². The van der Waals surface area contributed by atoms with E-state index in [-0.39, 0.29) is 11.9 Å². The Labute approximate surface area is 136 Å². The van der Waals surface area contributed by atoms with Crippen LogP contribution in [0.5, 0.6) is 0 Å². The topological polar surface area (TPSA) is 46.9 Å². The van der Waals surface area contributed by atoms with Gasteiger partial charge in [0.1, 0.15) is 0 Å². The van der Waals surface area contributed by atoms with Crippen LogP contribution in [0.1, 0.15) is 39.5 Å². The van der Waals surface area contributed by atoms with Crippen molar-refractivity contribution in [3.63, 3.8) is 0 Å². The number of amides is 1. The summed E-state index contributed by atoms with van der Waals surface area (Å²) >= 11 is 1.49. The molecule has 1 atom stereocenters. The summed E-state index contributed by atoms with van der Waals surface area (Å²) in [5, 5.41) is 3.95. The van der Waals surface area contributed by atoms with Gasteiger partial charge in [0, 0.05) is 13.1 Å². The molecule has 1 amide bonds. The first kappa shape index (κ1) is 16.9. The zero-order valence-corrected chi connectivity index (χ0v) is 14.4. The zero-order chi connectivity index (χ0) is 15.9. The van der Waals surface area contributed by atoms with Crippen LogP contribution in [-0.2, 0) is 11.8 Å². The number of carbonyl (C=O) groups excluding carboxylic acids is 1. The molecule has 1 aromatic heterocycles. The second-order valence-electron chi connectivity index (χ2n) is 5.70. The van der Waals surface area contributed by atoms with E-state index in [0.717, 1.165) is 22.6 Å². The fourth-order valence-electron chi connectivity index (χ4n) is 2.47. The third-order valence-electron chi connectivity index (χ3n) is 3.73. The third kappa shape index (κ3) is 4.50. The maximum Gasteiger partial charge on any atom is 0.230 e. The number of aromatic nitrogens is 2. The molecule has 2 rings (SSSR count). The average Bonchev–Trinajstić information content (AvgIpc) is 2.82. The second kappa shape index (κ2) is 8.22. The van der Waals surface area contributed by atoms with Crippen LogP contribution in [0.25, 0.3) is 11.0 Å². The lowest BCUT2D eigenvalue weighted by molar-refractivity contribution is -0.119. The van der Waals surface area contributed by atoms with Crippen molar-refractivity contribution in [1.29, 1.82) is 0 Å². The van der Waals surface area contributed by atoms with Gasteiger partial charge in [-0.05, 0) is 25.5 Å². The number of para-hydroxylation sites is 2. The molecule has 0 bridgehead atoms. The number of thioether (sulfide) groups is 1. The standard InChI is InChI=1S/C17H25N3OS/c1-4-5-6-9-13(2)18-16(21)12-22-17-19-14-10-7-8-11-15(14)20(17)3/h7-8,10-11,13H,4-6,9,12H2,1-3H3,(H,18,21). The number of fused-ring (bicyclic) bond motifs is 1. The first-order valence-electron chi connectivity index (χ1n) is 7.95. The number of benzene rings is 1. The molecule has 1 aromatic carbocycles. The van der Waals surface area contributed by atoms with Gasteiger partial charge in [0.15, 0.2) is 5.16 Å². The molecule has 0 spiro atoms. The number of carbonyl (C=O) groups is 1. The number of unbranched alkanes of at least 4 members (excludes halogenated alkanes) is 2. The second-order valence-corrected chi connectivity index (χ2v) is 6.64. The van der Waals surface area contributed by atoms with Crippen molar-refractivity contribution in [2.24, 2.45) is 7.05 Å². The maximum atomic E-state index is 12.0. The van der Waals surface area contributed by atoms with Crippen LogP contribution in [0, 0.1) is 0 Å². The fourth-order valence-corrected chi connectivity index (χ4v) is 3.27. The number of rotatable bonds is 8. The zero-order valence-electron chi connectivity index (χ0n) is 13.6. The molecular formula is C17H25N3OS. The summed E-state index contributed by atoms with van der Waals surface area (Å²) in [4.78, 5) is 16.6. The Morgan fingerprint density at radius 2 is 2.14 bits per heavy atom. The van der Waals surface area contributed by atoms with E-state index in [1.165, 1.54) is 31.0 Å². The van der Waals surface area contributed by atoms with E-state index >= 15 is 0 Å². The summed E-state index contributed by atoms with van der Waals surface area (Å²) < 4.78 is 2.04. The van der Waals surface area contributed by atoms with Crippen LogP contribution in [0.4, 0.5) is 0 Å². The van der Waals surface area contributed by atoms with Gasteiger partial charge in [-0.15, -0.1) is 0 Å². The van der Waals surface area contributed by atoms with Crippen LogP contribution < -0.4 is 5.32 Å². The molecule has 1 unspecified atom stereocenters. The van der Waals surface area contributed by atoms with E-state index in [0.29, 0.717) is 5.75 Å². The summed E-state index contributed by atoms with van der Waals surface area (Å²) in [5.41, 5.74) is 2.07. The summed E-state index contributed by atoms with van der Waals surface area (Å²) in [6, 6.07) is 8.27. The quantitative estimate of drug-likeness (QED) is 0.595. The number of imidazole rings is 1. The lowest BCUT2D eigenvalue weighted by Gasteiger charge is -2.13. The van der Waals surface area contributed by atoms with Gasteiger partial charge in [-0.1, -0.05) is 50.1 Å². The van der Waals surface area contributed by atoms with E-state index in [9.17, 15) is 4.79 Å². The Kier molecular flexibility index (Phi) is 6.31. The molecule has 2 aromatic rings. The number of hydrogen-bond acceptors (Lipinski definition) is 3. The van der Waals surface area contributed by atoms with E-state index < -0.39 is 0 Å². The van der Waals surface area contributed by atoms with Crippen molar-refractivity contribution in [3.8, 4) is 0 Å². The lowest BCUT2D eigenvalue weighted by atomic mass is 10.1. The molecule has 120 valence electrons. The van der Waals surface area contributed by atoms with Crippen molar-refractivity contribution in [2.45, 2.75) is 50.7 Å². The Morgan fingerprint density at radius 1 is 1.36 bits per heavy atom.